The molecule has 1 heterocycles. The van der Waals surface area contributed by atoms with Crippen LogP contribution in [0.3, 0.4) is 0 Å². The van der Waals surface area contributed by atoms with Gasteiger partial charge in [0.1, 0.15) is 17.3 Å². The molecule has 2 rings (SSSR count). The van der Waals surface area contributed by atoms with Crippen molar-refractivity contribution in [2.24, 2.45) is 0 Å². The number of nitriles is 1. The number of nitro groups is 1. The normalized spacial score (nSPS) is 19.8. The number of hydrogen-bond donors (Lipinski definition) is 2. The topological polar surface area (TPSA) is 168 Å². The van der Waals surface area contributed by atoms with Gasteiger partial charge in [0.25, 0.3) is 0 Å². The van der Waals surface area contributed by atoms with Gasteiger partial charge in [-0.1, -0.05) is 0 Å². The van der Waals surface area contributed by atoms with Gasteiger partial charge < -0.3 is 15.7 Å². The average Bonchev–Trinajstić information content (AvgIpc) is 2.45. The van der Waals surface area contributed by atoms with Crippen LogP contribution in [0.4, 0.5) is 17.1 Å². The summed E-state index contributed by atoms with van der Waals surface area (Å²) in [5, 5.41) is 27.4. The van der Waals surface area contributed by atoms with E-state index in [2.05, 4.69) is 0 Å². The second-order valence-corrected chi connectivity index (χ2v) is 7.24. The van der Waals surface area contributed by atoms with Gasteiger partial charge in [0.2, 0.25) is 0 Å². The lowest BCUT2D eigenvalue weighted by molar-refractivity contribution is -0.384. The number of carbonyl (C=O) groups is 1. The number of benzene rings is 1. The third-order valence-electron chi connectivity index (χ3n) is 3.53. The molecular formula is C12H12N4O6S. The highest BCUT2D eigenvalue weighted by Crippen LogP contribution is 2.32. The Morgan fingerprint density at radius 2 is 2.17 bits per heavy atom. The third kappa shape index (κ3) is 3.02. The van der Waals surface area contributed by atoms with Crippen molar-refractivity contribution in [3.63, 3.8) is 0 Å². The smallest absolute Gasteiger partial charge is 0.323 e. The van der Waals surface area contributed by atoms with Crippen molar-refractivity contribution in [3.8, 4) is 6.07 Å². The molecule has 0 bridgehead atoms. The molecular weight excluding hydrogens is 328 g/mol. The zero-order valence-electron chi connectivity index (χ0n) is 11.7. The lowest BCUT2D eigenvalue weighted by Crippen LogP contribution is -2.50. The molecule has 0 saturated carbocycles. The number of carboxylic acid groups (broad SMARTS) is 1. The Labute approximate surface area is 130 Å². The number of sulfone groups is 1. The zero-order valence-corrected chi connectivity index (χ0v) is 12.5. The van der Waals surface area contributed by atoms with E-state index in [1.807, 2.05) is 0 Å². The first kappa shape index (κ1) is 16.5. The van der Waals surface area contributed by atoms with Crippen molar-refractivity contribution >= 4 is 32.9 Å². The number of nitrogens with zero attached hydrogens (tertiary/aromatic N) is 3. The first-order chi connectivity index (χ1) is 10.7. The zero-order chi connectivity index (χ0) is 17.4. The Morgan fingerprint density at radius 3 is 2.70 bits per heavy atom. The molecule has 1 fully saturated rings. The summed E-state index contributed by atoms with van der Waals surface area (Å²) in [4.78, 5) is 22.7. The molecule has 122 valence electrons. The summed E-state index contributed by atoms with van der Waals surface area (Å²) in [5.41, 5.74) is 4.82. The number of carboxylic acids is 1. The number of hydrogen-bond acceptors (Lipinski definition) is 8. The third-order valence-corrected chi connectivity index (χ3v) is 5.50. The Balaban J connectivity index is 2.44. The maximum absolute atomic E-state index is 11.8. The molecule has 1 saturated heterocycles. The van der Waals surface area contributed by atoms with Gasteiger partial charge in [-0.3, -0.25) is 14.9 Å². The average molecular weight is 340 g/mol. The molecule has 1 unspecified atom stereocenters. The van der Waals surface area contributed by atoms with Gasteiger partial charge >= 0.3 is 11.7 Å². The van der Waals surface area contributed by atoms with E-state index in [0.29, 0.717) is 0 Å². The van der Waals surface area contributed by atoms with E-state index < -0.39 is 31.7 Å². The second kappa shape index (κ2) is 5.73. The molecule has 1 aromatic rings. The Bertz CT molecular complexity index is 829. The van der Waals surface area contributed by atoms with Gasteiger partial charge in [-0.2, -0.15) is 5.26 Å². The minimum atomic E-state index is -3.76. The molecule has 3 N–H and O–H groups in total. The van der Waals surface area contributed by atoms with Crippen molar-refractivity contribution < 1.29 is 23.2 Å². The summed E-state index contributed by atoms with van der Waals surface area (Å²) < 4.78 is 23.5. The second-order valence-electron chi connectivity index (χ2n) is 4.94. The molecule has 0 aliphatic carbocycles. The standard InChI is InChI=1S/C12H12N4O6S/c13-5-7-3-8(4-9(14)11(7)16(19)20)15-1-2-23(21,22)10(6-15)12(17)18/h3-4,10H,1-2,6,14H2,(H,17,18). The van der Waals surface area contributed by atoms with Crippen molar-refractivity contribution in [1.29, 1.82) is 5.26 Å². The molecule has 23 heavy (non-hydrogen) atoms. The fraction of sp³-hybridized carbons (Fsp3) is 0.333. The molecule has 0 aromatic heterocycles. The Kier molecular flexibility index (Phi) is 4.11. The lowest BCUT2D eigenvalue weighted by atomic mass is 10.1. The van der Waals surface area contributed by atoms with Crippen molar-refractivity contribution in [3.05, 3.63) is 27.8 Å². The predicted molar refractivity (Wildman–Crippen MR) is 79.6 cm³/mol. The molecule has 1 aliphatic rings. The number of nitrogen functional groups attached to an aromatic ring is 1. The van der Waals surface area contributed by atoms with Crippen molar-refractivity contribution in [2.45, 2.75) is 5.25 Å². The molecule has 10 nitrogen and oxygen atoms in total. The lowest BCUT2D eigenvalue weighted by Gasteiger charge is -2.32. The number of aliphatic carboxylic acids is 1. The number of rotatable bonds is 3. The Hall–Kier alpha value is -2.87. The minimum Gasteiger partial charge on any atom is -0.480 e. The maximum atomic E-state index is 11.8. The summed E-state index contributed by atoms with van der Waals surface area (Å²) in [6.07, 6.45) is 0. The SMILES string of the molecule is N#Cc1cc(N2CCS(=O)(=O)C(C(=O)O)C2)cc(N)c1[N+](=O)[O-]. The number of nitro benzene ring substituents is 1. The summed E-state index contributed by atoms with van der Waals surface area (Å²) in [6.45, 7) is -0.311. The maximum Gasteiger partial charge on any atom is 0.323 e. The van der Waals surface area contributed by atoms with Crippen LogP contribution in [0, 0.1) is 21.4 Å². The molecule has 0 radical (unpaired) electrons. The van der Waals surface area contributed by atoms with Crippen LogP contribution in [0.25, 0.3) is 0 Å². The first-order valence-electron chi connectivity index (χ1n) is 6.34. The number of anilines is 2. The van der Waals surface area contributed by atoms with Crippen molar-refractivity contribution in [1.82, 2.24) is 0 Å². The molecule has 11 heteroatoms. The molecule has 1 aliphatic heterocycles. The van der Waals surface area contributed by atoms with Gasteiger partial charge in [0.05, 0.1) is 10.7 Å². The summed E-state index contributed by atoms with van der Waals surface area (Å²) in [6, 6.07) is 4.10. The predicted octanol–water partition coefficient (Wildman–Crippen LogP) is -0.263. The van der Waals surface area contributed by atoms with Crippen LogP contribution < -0.4 is 10.6 Å². The first-order valence-corrected chi connectivity index (χ1v) is 8.06. The van der Waals surface area contributed by atoms with E-state index in [4.69, 9.17) is 16.1 Å². The van der Waals surface area contributed by atoms with Crippen LogP contribution in [0.15, 0.2) is 12.1 Å². The van der Waals surface area contributed by atoms with E-state index >= 15 is 0 Å². The quantitative estimate of drug-likeness (QED) is 0.427. The molecule has 1 aromatic carbocycles. The highest BCUT2D eigenvalue weighted by molar-refractivity contribution is 7.92. The largest absolute Gasteiger partial charge is 0.480 e. The summed E-state index contributed by atoms with van der Waals surface area (Å²) in [5.74, 6) is -1.84. The van der Waals surface area contributed by atoms with Crippen LogP contribution in [0.2, 0.25) is 0 Å². The molecule has 0 spiro atoms. The van der Waals surface area contributed by atoms with Crippen LogP contribution >= 0.6 is 0 Å². The highest BCUT2D eigenvalue weighted by atomic mass is 32.2. The van der Waals surface area contributed by atoms with E-state index in [9.17, 15) is 23.3 Å². The van der Waals surface area contributed by atoms with E-state index in [1.54, 1.807) is 6.07 Å². The monoisotopic (exact) mass is 340 g/mol. The highest BCUT2D eigenvalue weighted by Gasteiger charge is 2.38. The van der Waals surface area contributed by atoms with Gasteiger partial charge in [-0.05, 0) is 12.1 Å². The van der Waals surface area contributed by atoms with Gasteiger partial charge in [-0.25, -0.2) is 8.42 Å². The molecule has 1 atom stereocenters. The Morgan fingerprint density at radius 1 is 1.52 bits per heavy atom. The van der Waals surface area contributed by atoms with Crippen LogP contribution in [0.1, 0.15) is 5.56 Å². The van der Waals surface area contributed by atoms with Crippen LogP contribution in [-0.2, 0) is 14.6 Å². The van der Waals surface area contributed by atoms with Crippen LogP contribution in [-0.4, -0.2) is 48.5 Å². The van der Waals surface area contributed by atoms with Crippen molar-refractivity contribution in [2.75, 3.05) is 29.5 Å². The van der Waals surface area contributed by atoms with Gasteiger partial charge in [-0.15, -0.1) is 0 Å². The van der Waals surface area contributed by atoms with E-state index in [0.717, 1.165) is 0 Å². The number of nitrogens with two attached hydrogens (primary N) is 1. The minimum absolute atomic E-state index is 0.00817. The fourth-order valence-electron chi connectivity index (χ4n) is 2.36. The summed E-state index contributed by atoms with van der Waals surface area (Å²) >= 11 is 0. The van der Waals surface area contributed by atoms with E-state index in [-0.39, 0.29) is 35.8 Å². The molecule has 0 amide bonds. The summed E-state index contributed by atoms with van der Waals surface area (Å²) in [7, 11) is -3.76. The van der Waals surface area contributed by atoms with E-state index in [1.165, 1.54) is 17.0 Å². The fourth-order valence-corrected chi connectivity index (χ4v) is 3.84. The van der Waals surface area contributed by atoms with Gasteiger partial charge in [0.15, 0.2) is 15.1 Å². The van der Waals surface area contributed by atoms with Crippen LogP contribution in [0.5, 0.6) is 0 Å². The van der Waals surface area contributed by atoms with Gasteiger partial charge in [0, 0.05) is 18.8 Å².